The van der Waals surface area contributed by atoms with E-state index in [1.807, 2.05) is 61.5 Å². The summed E-state index contributed by atoms with van der Waals surface area (Å²) in [7, 11) is 0. The lowest BCUT2D eigenvalue weighted by atomic mass is 9.96. The molecule has 0 saturated carbocycles. The Hall–Kier alpha value is -3.14. The number of hydrogen-bond acceptors (Lipinski definition) is 4. The van der Waals surface area contributed by atoms with Gasteiger partial charge in [-0.1, -0.05) is 86.8 Å². The van der Waals surface area contributed by atoms with E-state index in [1.54, 1.807) is 0 Å². The molecule has 4 nitrogen and oxygen atoms in total. The van der Waals surface area contributed by atoms with Gasteiger partial charge in [-0.05, 0) is 42.7 Å². The quantitative estimate of drug-likeness (QED) is 0.283. The Morgan fingerprint density at radius 3 is 2.53 bits per heavy atom. The van der Waals surface area contributed by atoms with Crippen molar-refractivity contribution in [3.8, 4) is 0 Å². The number of benzene rings is 3. The van der Waals surface area contributed by atoms with Crippen LogP contribution in [0.25, 0.3) is 10.8 Å². The van der Waals surface area contributed by atoms with E-state index in [9.17, 15) is 4.79 Å². The second-order valence-electron chi connectivity index (χ2n) is 8.45. The van der Waals surface area contributed by atoms with Crippen LogP contribution in [0.15, 0.2) is 77.8 Å². The smallest absolute Gasteiger partial charge is 0.335 e. The van der Waals surface area contributed by atoms with Gasteiger partial charge in [-0.25, -0.2) is 9.79 Å². The van der Waals surface area contributed by atoms with Crippen LogP contribution >= 0.6 is 0 Å². The Labute approximate surface area is 190 Å². The molecule has 1 aliphatic heterocycles. The zero-order valence-electron chi connectivity index (χ0n) is 18.9. The molecule has 0 amide bonds. The summed E-state index contributed by atoms with van der Waals surface area (Å²) in [4.78, 5) is 17.9. The van der Waals surface area contributed by atoms with E-state index in [-0.39, 0.29) is 12.1 Å². The highest BCUT2D eigenvalue weighted by Crippen LogP contribution is 2.36. The summed E-state index contributed by atoms with van der Waals surface area (Å²) in [6, 6.07) is 23.2. The molecule has 0 spiro atoms. The summed E-state index contributed by atoms with van der Waals surface area (Å²) >= 11 is 0. The lowest BCUT2D eigenvalue weighted by Gasteiger charge is -2.21. The lowest BCUT2D eigenvalue weighted by molar-refractivity contribution is -0.151. The molecule has 32 heavy (non-hydrogen) atoms. The molecule has 0 aliphatic carbocycles. The van der Waals surface area contributed by atoms with Crippen LogP contribution in [0.2, 0.25) is 0 Å². The zero-order chi connectivity index (χ0) is 22.3. The molecule has 0 unspecified atom stereocenters. The Morgan fingerprint density at radius 1 is 0.969 bits per heavy atom. The van der Waals surface area contributed by atoms with E-state index in [4.69, 9.17) is 14.5 Å². The Kier molecular flexibility index (Phi) is 7.21. The maximum absolute atomic E-state index is 13.2. The van der Waals surface area contributed by atoms with E-state index in [1.165, 1.54) is 19.3 Å². The molecular weight excluding hydrogens is 398 g/mol. The molecular formula is C28H31NO3. The molecule has 0 aromatic heterocycles. The third-order valence-corrected chi connectivity index (χ3v) is 5.96. The van der Waals surface area contributed by atoms with Gasteiger partial charge in [0.1, 0.15) is 0 Å². The number of hydrogen-bond donors (Lipinski definition) is 0. The van der Waals surface area contributed by atoms with Crippen LogP contribution in [0, 0.1) is 0 Å². The first kappa shape index (κ1) is 22.1. The first-order valence-corrected chi connectivity index (χ1v) is 11.7. The predicted octanol–water partition coefficient (Wildman–Crippen LogP) is 6.63. The highest BCUT2D eigenvalue weighted by atomic mass is 16.6. The summed E-state index contributed by atoms with van der Waals surface area (Å²) in [5, 5.41) is 2.17. The van der Waals surface area contributed by atoms with Crippen molar-refractivity contribution in [1.29, 1.82) is 0 Å². The minimum absolute atomic E-state index is 0.136. The van der Waals surface area contributed by atoms with E-state index in [0.29, 0.717) is 5.90 Å². The van der Waals surface area contributed by atoms with Gasteiger partial charge in [0.25, 0.3) is 0 Å². The first-order valence-electron chi connectivity index (χ1n) is 11.7. The monoisotopic (exact) mass is 429 g/mol. The maximum Gasteiger partial charge on any atom is 0.335 e. The number of carbonyl (C=O) groups excluding carboxylic acids is 1. The normalized spacial score (nSPS) is 18.8. The number of nitrogens with zero attached hydrogens (tertiary/aromatic N) is 1. The number of fused-ring (bicyclic) bond motifs is 1. The number of carbonyl (C=O) groups is 1. The minimum Gasteiger partial charge on any atom is -0.466 e. The van der Waals surface area contributed by atoms with Crippen molar-refractivity contribution in [3.05, 3.63) is 83.9 Å². The van der Waals surface area contributed by atoms with Gasteiger partial charge in [-0.15, -0.1) is 0 Å². The maximum atomic E-state index is 13.2. The van der Waals surface area contributed by atoms with Gasteiger partial charge in [0.05, 0.1) is 6.10 Å². The third kappa shape index (κ3) is 5.01. The van der Waals surface area contributed by atoms with Gasteiger partial charge in [-0.3, -0.25) is 0 Å². The standard InChI is InChI=1S/C28H31NO3/c1-3-4-5-7-13-20(2)31-28(30)25-26(32-27(29-25)22-15-8-6-9-16-22)24-19-12-17-21-14-10-11-18-23(21)24/h6,8-12,14-20,25-26H,3-5,7,13H2,1-2H3/t20-,25-,26-/m0/s1. The van der Waals surface area contributed by atoms with Gasteiger partial charge >= 0.3 is 5.97 Å². The summed E-state index contributed by atoms with van der Waals surface area (Å²) in [5.74, 6) is 0.165. The van der Waals surface area contributed by atoms with Gasteiger partial charge < -0.3 is 9.47 Å². The van der Waals surface area contributed by atoms with Crippen LogP contribution in [-0.2, 0) is 14.3 Å². The average Bonchev–Trinajstić information content (AvgIpc) is 3.27. The molecule has 0 saturated heterocycles. The minimum atomic E-state index is -0.728. The molecule has 4 heteroatoms. The number of unbranched alkanes of at least 4 members (excludes halogenated alkanes) is 3. The molecule has 4 rings (SSSR count). The molecule has 0 fully saturated rings. The van der Waals surface area contributed by atoms with Crippen LogP contribution in [0.1, 0.15) is 63.2 Å². The number of ether oxygens (including phenoxy) is 2. The van der Waals surface area contributed by atoms with Crippen LogP contribution in [0.3, 0.4) is 0 Å². The first-order chi connectivity index (χ1) is 15.7. The molecule has 1 aliphatic rings. The topological polar surface area (TPSA) is 47.9 Å². The van der Waals surface area contributed by atoms with Crippen LogP contribution in [0.5, 0.6) is 0 Å². The Balaban J connectivity index is 1.59. The van der Waals surface area contributed by atoms with Crippen molar-refractivity contribution in [2.75, 3.05) is 0 Å². The van der Waals surface area contributed by atoms with Gasteiger partial charge in [0.15, 0.2) is 12.1 Å². The molecule has 3 aromatic rings. The van der Waals surface area contributed by atoms with E-state index < -0.39 is 12.1 Å². The largest absolute Gasteiger partial charge is 0.466 e. The molecule has 166 valence electrons. The molecule has 1 heterocycles. The van der Waals surface area contributed by atoms with Gasteiger partial charge in [-0.2, -0.15) is 0 Å². The Bertz CT molecular complexity index is 1070. The van der Waals surface area contributed by atoms with Crippen molar-refractivity contribution in [1.82, 2.24) is 0 Å². The zero-order valence-corrected chi connectivity index (χ0v) is 18.9. The van der Waals surface area contributed by atoms with E-state index >= 15 is 0 Å². The third-order valence-electron chi connectivity index (χ3n) is 5.96. The fraction of sp³-hybridized carbons (Fsp3) is 0.357. The van der Waals surface area contributed by atoms with Crippen LogP contribution in [-0.4, -0.2) is 24.0 Å². The average molecular weight is 430 g/mol. The van der Waals surface area contributed by atoms with Crippen molar-refractivity contribution in [2.24, 2.45) is 4.99 Å². The summed E-state index contributed by atoms with van der Waals surface area (Å²) in [5.41, 5.74) is 1.82. The predicted molar refractivity (Wildman–Crippen MR) is 129 cm³/mol. The van der Waals surface area contributed by atoms with Crippen molar-refractivity contribution >= 4 is 22.6 Å². The molecule has 0 bridgehead atoms. The van der Waals surface area contributed by atoms with Crippen molar-refractivity contribution < 1.29 is 14.3 Å². The highest BCUT2D eigenvalue weighted by Gasteiger charge is 2.40. The van der Waals surface area contributed by atoms with Crippen molar-refractivity contribution in [3.63, 3.8) is 0 Å². The van der Waals surface area contributed by atoms with E-state index in [0.717, 1.165) is 34.7 Å². The molecule has 3 atom stereocenters. The Morgan fingerprint density at radius 2 is 1.72 bits per heavy atom. The summed E-state index contributed by atoms with van der Waals surface area (Å²) in [6.45, 7) is 4.16. The number of aliphatic imine (C=N–C) groups is 1. The molecule has 0 N–H and O–H groups in total. The summed E-state index contributed by atoms with van der Waals surface area (Å²) in [6.07, 6.45) is 4.85. The van der Waals surface area contributed by atoms with Crippen molar-refractivity contribution in [2.45, 2.75) is 64.2 Å². The highest BCUT2D eigenvalue weighted by molar-refractivity contribution is 5.99. The fourth-order valence-corrected chi connectivity index (χ4v) is 4.23. The van der Waals surface area contributed by atoms with Crippen LogP contribution < -0.4 is 0 Å². The number of esters is 1. The van der Waals surface area contributed by atoms with Crippen LogP contribution in [0.4, 0.5) is 0 Å². The fourth-order valence-electron chi connectivity index (χ4n) is 4.23. The number of rotatable bonds is 9. The van der Waals surface area contributed by atoms with E-state index in [2.05, 4.69) is 25.1 Å². The van der Waals surface area contributed by atoms with Gasteiger partial charge in [0.2, 0.25) is 5.90 Å². The second-order valence-corrected chi connectivity index (χ2v) is 8.45. The van der Waals surface area contributed by atoms with Gasteiger partial charge in [0, 0.05) is 11.1 Å². The molecule has 3 aromatic carbocycles. The lowest BCUT2D eigenvalue weighted by Crippen LogP contribution is -2.29. The molecule has 0 radical (unpaired) electrons. The summed E-state index contributed by atoms with van der Waals surface area (Å²) < 4.78 is 12.2. The SMILES string of the molecule is CCCCCC[C@H](C)OC(=O)[C@H]1N=C(c2ccccc2)O[C@H]1c1cccc2ccccc12. The second kappa shape index (κ2) is 10.4.